The van der Waals surface area contributed by atoms with Crippen molar-refractivity contribution < 1.29 is 29.4 Å². The lowest BCUT2D eigenvalue weighted by molar-refractivity contribution is -0.147. The molecule has 0 radical (unpaired) electrons. The molecule has 2 atom stereocenters. The number of amides is 1. The smallest absolute Gasteiger partial charge is 0.408 e. The summed E-state index contributed by atoms with van der Waals surface area (Å²) in [5.74, 6) is -2.00. The van der Waals surface area contributed by atoms with Gasteiger partial charge in [0.2, 0.25) is 0 Å². The van der Waals surface area contributed by atoms with Crippen LogP contribution in [0.4, 0.5) is 4.79 Å². The van der Waals surface area contributed by atoms with Gasteiger partial charge in [0, 0.05) is 6.42 Å². The van der Waals surface area contributed by atoms with Crippen molar-refractivity contribution in [2.45, 2.75) is 18.9 Å². The largest absolute Gasteiger partial charge is 0.480 e. The number of aliphatic carboxylic acids is 1. The zero-order valence-corrected chi connectivity index (χ0v) is 9.54. The number of rotatable bonds is 5. The van der Waals surface area contributed by atoms with Crippen molar-refractivity contribution in [1.29, 1.82) is 0 Å². The minimum absolute atomic E-state index is 0.0503. The number of aldehydes is 1. The van der Waals surface area contributed by atoms with Crippen LogP contribution in [0.2, 0.25) is 0 Å². The van der Waals surface area contributed by atoms with Crippen LogP contribution in [-0.2, 0) is 14.4 Å². The second-order valence-electron chi connectivity index (χ2n) is 4.09. The van der Waals surface area contributed by atoms with Gasteiger partial charge in [0.15, 0.2) is 5.78 Å². The number of hydrogen-bond donors (Lipinski definition) is 2. The zero-order chi connectivity index (χ0) is 13.9. The Hall–Kier alpha value is -2.18. The van der Waals surface area contributed by atoms with Crippen LogP contribution in [0.1, 0.15) is 12.8 Å². The van der Waals surface area contributed by atoms with E-state index in [-0.39, 0.29) is 12.8 Å². The topological polar surface area (TPSA) is 112 Å². The van der Waals surface area contributed by atoms with E-state index in [1.807, 2.05) is 0 Å². The van der Waals surface area contributed by atoms with Crippen LogP contribution in [0.25, 0.3) is 0 Å². The number of carboxylic acid groups (broad SMARTS) is 2. The Morgan fingerprint density at radius 3 is 2.44 bits per heavy atom. The van der Waals surface area contributed by atoms with Gasteiger partial charge in [-0.25, -0.2) is 9.59 Å². The standard InChI is InChI=1S/C11H13NO6/c1-2-3-11(4-5-13)7(14)6-12(10(17)18)8(11)9(15)16/h2,5,8H,1,3-4,6H2,(H,15,16)(H,17,18)/t8-,11+/m1/s1. The third kappa shape index (κ3) is 1.99. The van der Waals surface area contributed by atoms with Crippen molar-refractivity contribution >= 4 is 24.1 Å². The van der Waals surface area contributed by atoms with Crippen molar-refractivity contribution in [3.63, 3.8) is 0 Å². The van der Waals surface area contributed by atoms with Gasteiger partial charge in [0.05, 0.1) is 12.0 Å². The maximum atomic E-state index is 11.9. The highest BCUT2D eigenvalue weighted by Crippen LogP contribution is 2.40. The third-order valence-corrected chi connectivity index (χ3v) is 3.14. The van der Waals surface area contributed by atoms with E-state index in [0.717, 1.165) is 0 Å². The predicted octanol–water partition coefficient (Wildman–Crippen LogP) is 0.154. The molecule has 1 fully saturated rings. The van der Waals surface area contributed by atoms with E-state index in [9.17, 15) is 19.2 Å². The fourth-order valence-electron chi connectivity index (χ4n) is 2.34. The molecule has 2 N–H and O–H groups in total. The van der Waals surface area contributed by atoms with E-state index < -0.39 is 35.8 Å². The molecule has 0 aromatic carbocycles. The van der Waals surface area contributed by atoms with Crippen LogP contribution in [0.5, 0.6) is 0 Å². The summed E-state index contributed by atoms with van der Waals surface area (Å²) in [4.78, 5) is 45.3. The summed E-state index contributed by atoms with van der Waals surface area (Å²) in [7, 11) is 0. The highest BCUT2D eigenvalue weighted by Gasteiger charge is 2.58. The second kappa shape index (κ2) is 4.99. The summed E-state index contributed by atoms with van der Waals surface area (Å²) >= 11 is 0. The molecular weight excluding hydrogens is 242 g/mol. The van der Waals surface area contributed by atoms with Gasteiger partial charge in [-0.3, -0.25) is 9.69 Å². The van der Waals surface area contributed by atoms with Crippen molar-refractivity contribution in [1.82, 2.24) is 4.90 Å². The Bertz CT molecular complexity index is 406. The molecule has 0 bridgehead atoms. The fraction of sp³-hybridized carbons (Fsp3) is 0.455. The molecule has 1 amide bonds. The number of carboxylic acids is 1. The Kier molecular flexibility index (Phi) is 3.85. The van der Waals surface area contributed by atoms with Crippen molar-refractivity contribution in [2.75, 3.05) is 6.54 Å². The summed E-state index contributed by atoms with van der Waals surface area (Å²) in [6, 6.07) is -1.55. The molecule has 18 heavy (non-hydrogen) atoms. The van der Waals surface area contributed by atoms with E-state index in [4.69, 9.17) is 10.2 Å². The molecule has 1 saturated heterocycles. The van der Waals surface area contributed by atoms with Crippen LogP contribution in [0.15, 0.2) is 12.7 Å². The quantitative estimate of drug-likeness (QED) is 0.534. The predicted molar refractivity (Wildman–Crippen MR) is 59.1 cm³/mol. The van der Waals surface area contributed by atoms with Crippen LogP contribution in [0.3, 0.4) is 0 Å². The Morgan fingerprint density at radius 1 is 1.44 bits per heavy atom. The van der Waals surface area contributed by atoms with Crippen LogP contribution < -0.4 is 0 Å². The number of carbonyl (C=O) groups is 4. The average molecular weight is 255 g/mol. The third-order valence-electron chi connectivity index (χ3n) is 3.14. The van der Waals surface area contributed by atoms with Crippen LogP contribution >= 0.6 is 0 Å². The molecule has 1 aliphatic rings. The average Bonchev–Trinajstić information content (AvgIpc) is 2.54. The molecule has 1 heterocycles. The lowest BCUT2D eigenvalue weighted by Crippen LogP contribution is -2.48. The first kappa shape index (κ1) is 13.9. The van der Waals surface area contributed by atoms with Gasteiger partial charge in [0.25, 0.3) is 0 Å². The zero-order valence-electron chi connectivity index (χ0n) is 9.54. The summed E-state index contributed by atoms with van der Waals surface area (Å²) in [5.41, 5.74) is -1.53. The molecule has 98 valence electrons. The number of Topliss-reactive ketones (excluding diaryl/α,β-unsaturated/α-hetero) is 1. The maximum Gasteiger partial charge on any atom is 0.408 e. The number of nitrogens with zero attached hydrogens (tertiary/aromatic N) is 1. The monoisotopic (exact) mass is 255 g/mol. The molecule has 1 aliphatic heterocycles. The van der Waals surface area contributed by atoms with Crippen LogP contribution in [-0.4, -0.2) is 51.8 Å². The second-order valence-corrected chi connectivity index (χ2v) is 4.09. The highest BCUT2D eigenvalue weighted by molar-refractivity contribution is 6.01. The van der Waals surface area contributed by atoms with E-state index in [2.05, 4.69) is 6.58 Å². The minimum atomic E-state index is -1.55. The molecule has 1 rings (SSSR count). The van der Waals surface area contributed by atoms with Gasteiger partial charge >= 0.3 is 12.1 Å². The SMILES string of the molecule is C=CC[C@]1(CC=O)C(=O)CN(C(=O)O)[C@@H]1C(=O)O. The molecule has 0 unspecified atom stereocenters. The molecular formula is C11H13NO6. The van der Waals surface area contributed by atoms with Crippen molar-refractivity contribution in [3.05, 3.63) is 12.7 Å². The first-order valence-electron chi connectivity index (χ1n) is 5.21. The van der Waals surface area contributed by atoms with Gasteiger partial charge in [-0.1, -0.05) is 6.08 Å². The number of ketones is 1. The van der Waals surface area contributed by atoms with E-state index in [1.54, 1.807) is 0 Å². The normalized spacial score (nSPS) is 27.0. The maximum absolute atomic E-state index is 11.9. The summed E-state index contributed by atoms with van der Waals surface area (Å²) in [6.45, 7) is 2.90. The number of hydrogen-bond acceptors (Lipinski definition) is 4. The van der Waals surface area contributed by atoms with Crippen molar-refractivity contribution in [2.24, 2.45) is 5.41 Å². The highest BCUT2D eigenvalue weighted by atomic mass is 16.4. The van der Waals surface area contributed by atoms with Gasteiger partial charge in [-0.2, -0.15) is 0 Å². The first-order valence-corrected chi connectivity index (χ1v) is 5.21. The molecule has 0 saturated carbocycles. The Balaban J connectivity index is 3.30. The number of allylic oxidation sites excluding steroid dienone is 1. The summed E-state index contributed by atoms with van der Waals surface area (Å²) in [6.07, 6.45) is -0.123. The van der Waals surface area contributed by atoms with Gasteiger partial charge in [0.1, 0.15) is 12.3 Å². The first-order chi connectivity index (χ1) is 8.40. The molecule has 0 spiro atoms. The summed E-state index contributed by atoms with van der Waals surface area (Å²) < 4.78 is 0. The van der Waals surface area contributed by atoms with E-state index in [1.165, 1.54) is 6.08 Å². The summed E-state index contributed by atoms with van der Waals surface area (Å²) in [5, 5.41) is 18.0. The number of likely N-dealkylation sites (tertiary alicyclic amines) is 1. The van der Waals surface area contributed by atoms with E-state index >= 15 is 0 Å². The van der Waals surface area contributed by atoms with Gasteiger partial charge in [-0.15, -0.1) is 6.58 Å². The Morgan fingerprint density at radius 2 is 2.06 bits per heavy atom. The molecule has 7 nitrogen and oxygen atoms in total. The lowest BCUT2D eigenvalue weighted by Gasteiger charge is -2.30. The van der Waals surface area contributed by atoms with Crippen LogP contribution in [0, 0.1) is 5.41 Å². The molecule has 7 heteroatoms. The van der Waals surface area contributed by atoms with E-state index in [0.29, 0.717) is 11.2 Å². The van der Waals surface area contributed by atoms with Crippen molar-refractivity contribution in [3.8, 4) is 0 Å². The number of carbonyl (C=O) groups excluding carboxylic acids is 2. The molecule has 0 aromatic rings. The fourth-order valence-corrected chi connectivity index (χ4v) is 2.34. The minimum Gasteiger partial charge on any atom is -0.480 e. The van der Waals surface area contributed by atoms with Gasteiger partial charge in [-0.05, 0) is 6.42 Å². The Labute approximate surface area is 103 Å². The van der Waals surface area contributed by atoms with Gasteiger partial charge < -0.3 is 15.0 Å². The molecule has 0 aromatic heterocycles. The lowest BCUT2D eigenvalue weighted by atomic mass is 9.74. The molecule has 0 aliphatic carbocycles.